The molecule has 0 aromatic heterocycles. The van der Waals surface area contributed by atoms with Gasteiger partial charge in [-0.1, -0.05) is 18.2 Å². The van der Waals surface area contributed by atoms with E-state index in [1.165, 1.54) is 19.3 Å². The summed E-state index contributed by atoms with van der Waals surface area (Å²) in [5.74, 6) is -2.74. The first kappa shape index (κ1) is 19.3. The molecule has 27 heavy (non-hydrogen) atoms. The van der Waals surface area contributed by atoms with E-state index in [1.54, 1.807) is 44.2 Å². The Kier molecular flexibility index (Phi) is 5.17. The molecule has 1 N–H and O–H groups in total. The lowest BCUT2D eigenvalue weighted by Crippen LogP contribution is -2.63. The van der Waals surface area contributed by atoms with Crippen LogP contribution in [-0.4, -0.2) is 48.8 Å². The number of carbonyl (C=O) groups excluding carboxylic acids is 3. The van der Waals surface area contributed by atoms with Crippen molar-refractivity contribution >= 4 is 17.7 Å². The quantitative estimate of drug-likeness (QED) is 0.807. The number of carbonyl (C=O) groups is 3. The zero-order valence-electron chi connectivity index (χ0n) is 15.6. The summed E-state index contributed by atoms with van der Waals surface area (Å²) in [6.45, 7) is 3.73. The van der Waals surface area contributed by atoms with Crippen LogP contribution in [0.3, 0.4) is 0 Å². The second-order valence-corrected chi connectivity index (χ2v) is 7.16. The fourth-order valence-corrected chi connectivity index (χ4v) is 3.56. The average molecular weight is 373 g/mol. The minimum absolute atomic E-state index is 0.0325. The van der Waals surface area contributed by atoms with Gasteiger partial charge in [-0.05, 0) is 38.1 Å². The molecule has 1 fully saturated rings. The molecular weight excluding hydrogens is 350 g/mol. The first-order valence-electron chi connectivity index (χ1n) is 8.77. The number of esters is 1. The van der Waals surface area contributed by atoms with Crippen LogP contribution < -0.4 is 5.32 Å². The SMILES string of the molecule is COC(=O)[C@]1(NC(=O)c2ccccc2)C=CC(=O)C[C@H]1[C@@H]1COC(C)(C)O1. The monoisotopic (exact) mass is 373 g/mol. The zero-order valence-corrected chi connectivity index (χ0v) is 15.6. The third-order valence-corrected chi connectivity index (χ3v) is 4.90. The summed E-state index contributed by atoms with van der Waals surface area (Å²) in [5, 5.41) is 2.79. The molecule has 3 atom stereocenters. The van der Waals surface area contributed by atoms with Crippen LogP contribution in [0.1, 0.15) is 30.6 Å². The number of ether oxygens (including phenoxy) is 3. The number of benzene rings is 1. The largest absolute Gasteiger partial charge is 0.467 e. The standard InChI is InChI=1S/C20H23NO6/c1-19(2)26-12-16(27-19)15-11-14(22)9-10-20(15,18(24)25-3)21-17(23)13-7-5-4-6-8-13/h4-10,15-16H,11-12H2,1-3H3,(H,21,23)/t15-,16-,20-/m0/s1. The Labute approximate surface area is 157 Å². The van der Waals surface area contributed by atoms with Gasteiger partial charge in [-0.15, -0.1) is 0 Å². The summed E-state index contributed by atoms with van der Waals surface area (Å²) >= 11 is 0. The van der Waals surface area contributed by atoms with Gasteiger partial charge in [0.05, 0.1) is 19.8 Å². The van der Waals surface area contributed by atoms with Crippen molar-refractivity contribution < 1.29 is 28.6 Å². The average Bonchev–Trinajstić information content (AvgIpc) is 3.02. The minimum Gasteiger partial charge on any atom is -0.467 e. The maximum atomic E-state index is 12.8. The summed E-state index contributed by atoms with van der Waals surface area (Å²) in [6, 6.07) is 8.54. The van der Waals surface area contributed by atoms with Crippen molar-refractivity contribution in [2.75, 3.05) is 13.7 Å². The molecule has 1 heterocycles. The van der Waals surface area contributed by atoms with E-state index in [0.717, 1.165) is 0 Å². The molecule has 2 aliphatic rings. The summed E-state index contributed by atoms with van der Waals surface area (Å²) in [6.07, 6.45) is 2.19. The molecule has 1 aliphatic heterocycles. The molecule has 0 unspecified atom stereocenters. The highest BCUT2D eigenvalue weighted by Gasteiger charge is 2.54. The Balaban J connectivity index is 1.99. The topological polar surface area (TPSA) is 90.9 Å². The highest BCUT2D eigenvalue weighted by Crippen LogP contribution is 2.38. The summed E-state index contributed by atoms with van der Waals surface area (Å²) in [7, 11) is 1.25. The van der Waals surface area contributed by atoms with Crippen LogP contribution in [0.25, 0.3) is 0 Å². The van der Waals surface area contributed by atoms with E-state index in [0.29, 0.717) is 5.56 Å². The van der Waals surface area contributed by atoms with Gasteiger partial charge < -0.3 is 19.5 Å². The van der Waals surface area contributed by atoms with Crippen molar-refractivity contribution in [1.29, 1.82) is 0 Å². The first-order valence-corrected chi connectivity index (χ1v) is 8.77. The molecule has 144 valence electrons. The van der Waals surface area contributed by atoms with Gasteiger partial charge in [0.15, 0.2) is 17.1 Å². The summed E-state index contributed by atoms with van der Waals surface area (Å²) in [4.78, 5) is 37.7. The summed E-state index contributed by atoms with van der Waals surface area (Å²) < 4.78 is 16.5. The molecule has 0 saturated carbocycles. The number of hydrogen-bond donors (Lipinski definition) is 1. The Morgan fingerprint density at radius 3 is 2.52 bits per heavy atom. The van der Waals surface area contributed by atoms with E-state index < -0.39 is 35.2 Å². The van der Waals surface area contributed by atoms with Crippen LogP contribution in [0, 0.1) is 5.92 Å². The lowest BCUT2D eigenvalue weighted by atomic mass is 9.73. The number of nitrogens with one attached hydrogen (secondary N) is 1. The molecule has 1 saturated heterocycles. The van der Waals surface area contributed by atoms with Crippen molar-refractivity contribution in [3.05, 3.63) is 48.0 Å². The Hall–Kier alpha value is -2.51. The third kappa shape index (κ3) is 3.79. The van der Waals surface area contributed by atoms with Crippen LogP contribution >= 0.6 is 0 Å². The molecule has 0 bridgehead atoms. The predicted octanol–water partition coefficient (Wildman–Crippen LogP) is 1.62. The van der Waals surface area contributed by atoms with Crippen LogP contribution in [0.15, 0.2) is 42.5 Å². The van der Waals surface area contributed by atoms with Gasteiger partial charge in [-0.3, -0.25) is 9.59 Å². The van der Waals surface area contributed by atoms with Gasteiger partial charge in [0.25, 0.3) is 5.91 Å². The number of allylic oxidation sites excluding steroid dienone is 1. The highest BCUT2D eigenvalue weighted by molar-refractivity contribution is 6.02. The first-order chi connectivity index (χ1) is 12.8. The van der Waals surface area contributed by atoms with Gasteiger partial charge in [-0.2, -0.15) is 0 Å². The summed E-state index contributed by atoms with van der Waals surface area (Å²) in [5.41, 5.74) is -1.13. The van der Waals surface area contributed by atoms with Crippen molar-refractivity contribution in [2.45, 2.75) is 37.7 Å². The van der Waals surface area contributed by atoms with Gasteiger partial charge >= 0.3 is 5.97 Å². The number of rotatable bonds is 4. The van der Waals surface area contributed by atoms with E-state index in [-0.39, 0.29) is 18.8 Å². The minimum atomic E-state index is -1.52. The van der Waals surface area contributed by atoms with E-state index in [4.69, 9.17) is 14.2 Å². The van der Waals surface area contributed by atoms with Crippen molar-refractivity contribution in [1.82, 2.24) is 5.32 Å². The molecule has 1 aliphatic carbocycles. The molecule has 0 radical (unpaired) electrons. The Morgan fingerprint density at radius 2 is 1.93 bits per heavy atom. The second-order valence-electron chi connectivity index (χ2n) is 7.16. The van der Waals surface area contributed by atoms with Gasteiger partial charge in [0, 0.05) is 17.9 Å². The Morgan fingerprint density at radius 1 is 1.22 bits per heavy atom. The van der Waals surface area contributed by atoms with E-state index >= 15 is 0 Å². The number of ketones is 1. The van der Waals surface area contributed by atoms with Crippen LogP contribution in [0.2, 0.25) is 0 Å². The van der Waals surface area contributed by atoms with Gasteiger partial charge in [0.1, 0.15) is 0 Å². The fraction of sp³-hybridized carbons (Fsp3) is 0.450. The third-order valence-electron chi connectivity index (χ3n) is 4.90. The van der Waals surface area contributed by atoms with E-state index in [2.05, 4.69) is 5.32 Å². The predicted molar refractivity (Wildman–Crippen MR) is 95.8 cm³/mol. The molecular formula is C20H23NO6. The molecule has 3 rings (SSSR count). The zero-order chi connectivity index (χ0) is 19.7. The maximum Gasteiger partial charge on any atom is 0.336 e. The number of amides is 1. The molecule has 1 amide bonds. The molecule has 7 heteroatoms. The van der Waals surface area contributed by atoms with Crippen LogP contribution in [0.5, 0.6) is 0 Å². The second kappa shape index (κ2) is 7.25. The highest BCUT2D eigenvalue weighted by atomic mass is 16.7. The number of methoxy groups -OCH3 is 1. The lowest BCUT2D eigenvalue weighted by molar-refractivity contribution is -0.161. The fourth-order valence-electron chi connectivity index (χ4n) is 3.56. The van der Waals surface area contributed by atoms with Crippen LogP contribution in [-0.2, 0) is 23.8 Å². The molecule has 7 nitrogen and oxygen atoms in total. The van der Waals surface area contributed by atoms with Crippen molar-refractivity contribution in [2.24, 2.45) is 5.92 Å². The van der Waals surface area contributed by atoms with E-state index in [9.17, 15) is 14.4 Å². The van der Waals surface area contributed by atoms with E-state index in [1.807, 2.05) is 0 Å². The lowest BCUT2D eigenvalue weighted by Gasteiger charge is -2.40. The molecule has 1 aromatic carbocycles. The van der Waals surface area contributed by atoms with Gasteiger partial charge in [0.2, 0.25) is 0 Å². The van der Waals surface area contributed by atoms with Gasteiger partial charge in [-0.25, -0.2) is 4.79 Å². The van der Waals surface area contributed by atoms with Crippen molar-refractivity contribution in [3.63, 3.8) is 0 Å². The Bertz CT molecular complexity index is 772. The smallest absolute Gasteiger partial charge is 0.336 e. The van der Waals surface area contributed by atoms with Crippen LogP contribution in [0.4, 0.5) is 0 Å². The molecule has 1 aromatic rings. The molecule has 0 spiro atoms. The maximum absolute atomic E-state index is 12.8. The normalized spacial score (nSPS) is 29.4. The number of hydrogen-bond acceptors (Lipinski definition) is 6. The van der Waals surface area contributed by atoms with Crippen molar-refractivity contribution in [3.8, 4) is 0 Å².